The minimum absolute atomic E-state index is 0.0522. The molecule has 138 valence electrons. The average Bonchev–Trinajstić information content (AvgIpc) is 2.93. The van der Waals surface area contributed by atoms with Crippen LogP contribution in [0.25, 0.3) is 0 Å². The first-order valence-corrected chi connectivity index (χ1v) is 8.58. The van der Waals surface area contributed by atoms with Crippen molar-refractivity contribution in [1.82, 2.24) is 15.5 Å². The van der Waals surface area contributed by atoms with Crippen LogP contribution in [-0.2, 0) is 16.1 Å². The van der Waals surface area contributed by atoms with Crippen LogP contribution < -0.4 is 15.5 Å². The minimum atomic E-state index is -0.849. The molecule has 9 heteroatoms. The van der Waals surface area contributed by atoms with Crippen molar-refractivity contribution >= 4 is 23.4 Å². The van der Waals surface area contributed by atoms with Crippen LogP contribution >= 0.6 is 0 Å². The predicted molar refractivity (Wildman–Crippen MR) is 87.5 cm³/mol. The highest BCUT2D eigenvalue weighted by molar-refractivity contribution is 6.05. The summed E-state index contributed by atoms with van der Waals surface area (Å²) in [7, 11) is 0. The maximum atomic E-state index is 15.1. The van der Waals surface area contributed by atoms with Gasteiger partial charge in [0.05, 0.1) is 12.1 Å². The van der Waals surface area contributed by atoms with E-state index in [1.165, 1.54) is 4.90 Å². The van der Waals surface area contributed by atoms with Gasteiger partial charge >= 0.3 is 0 Å². The SMILES string of the molecule is O=C1CCC(N2Cc3c(cc(F)c(N4CCNCC4)c3F)C2=O)C(=O)N1. The summed E-state index contributed by atoms with van der Waals surface area (Å²) >= 11 is 0. The molecule has 2 saturated heterocycles. The Morgan fingerprint density at radius 3 is 2.54 bits per heavy atom. The van der Waals surface area contributed by atoms with Crippen molar-refractivity contribution < 1.29 is 23.2 Å². The fraction of sp³-hybridized carbons (Fsp3) is 0.471. The van der Waals surface area contributed by atoms with Gasteiger partial charge in [0.15, 0.2) is 5.82 Å². The second kappa shape index (κ2) is 6.31. The first-order valence-electron chi connectivity index (χ1n) is 8.58. The summed E-state index contributed by atoms with van der Waals surface area (Å²) in [5.74, 6) is -3.08. The molecule has 3 amide bonds. The van der Waals surface area contributed by atoms with Gasteiger partial charge < -0.3 is 15.1 Å². The number of fused-ring (bicyclic) bond motifs is 1. The van der Waals surface area contributed by atoms with Gasteiger partial charge in [-0.1, -0.05) is 0 Å². The second-order valence-electron chi connectivity index (χ2n) is 6.68. The van der Waals surface area contributed by atoms with Crippen molar-refractivity contribution in [2.45, 2.75) is 25.4 Å². The lowest BCUT2D eigenvalue weighted by atomic mass is 10.0. The van der Waals surface area contributed by atoms with E-state index in [1.807, 2.05) is 0 Å². The molecule has 1 aromatic rings. The molecule has 0 saturated carbocycles. The fourth-order valence-corrected chi connectivity index (χ4v) is 3.80. The van der Waals surface area contributed by atoms with E-state index in [0.29, 0.717) is 26.2 Å². The Kier molecular flexibility index (Phi) is 4.10. The number of halogens is 2. The highest BCUT2D eigenvalue weighted by Gasteiger charge is 2.41. The standard InChI is InChI=1S/C17H18F2N4O3/c18-11-7-9-10(14(19)15(11)22-5-3-20-4-6-22)8-23(17(9)26)12-1-2-13(24)21-16(12)25/h7,12,20H,1-6,8H2,(H,21,24,25). The van der Waals surface area contributed by atoms with E-state index >= 15 is 4.39 Å². The largest absolute Gasteiger partial charge is 0.364 e. The van der Waals surface area contributed by atoms with Crippen molar-refractivity contribution in [2.24, 2.45) is 0 Å². The zero-order valence-electron chi connectivity index (χ0n) is 14.0. The van der Waals surface area contributed by atoms with Gasteiger partial charge in [-0.2, -0.15) is 0 Å². The lowest BCUT2D eigenvalue weighted by Gasteiger charge is -2.30. The number of nitrogens with zero attached hydrogens (tertiary/aromatic N) is 2. The van der Waals surface area contributed by atoms with Crippen LogP contribution in [0.15, 0.2) is 6.07 Å². The quantitative estimate of drug-likeness (QED) is 0.730. The van der Waals surface area contributed by atoms with Crippen LogP contribution in [0.4, 0.5) is 14.5 Å². The summed E-state index contributed by atoms with van der Waals surface area (Å²) in [6.45, 7) is 2.08. The number of nitrogens with one attached hydrogen (secondary N) is 2. The molecule has 0 bridgehead atoms. The van der Waals surface area contributed by atoms with E-state index in [2.05, 4.69) is 10.6 Å². The Balaban J connectivity index is 1.67. The zero-order valence-corrected chi connectivity index (χ0v) is 14.0. The van der Waals surface area contributed by atoms with Crippen LogP contribution in [0.5, 0.6) is 0 Å². The van der Waals surface area contributed by atoms with E-state index in [-0.39, 0.29) is 36.2 Å². The van der Waals surface area contributed by atoms with Gasteiger partial charge in [-0.05, 0) is 12.5 Å². The number of carbonyl (C=O) groups is 3. The first-order chi connectivity index (χ1) is 12.5. The normalized spacial score (nSPS) is 23.3. The van der Waals surface area contributed by atoms with Crippen molar-refractivity contribution in [1.29, 1.82) is 0 Å². The molecule has 0 aliphatic carbocycles. The zero-order chi connectivity index (χ0) is 18.4. The summed E-state index contributed by atoms with van der Waals surface area (Å²) in [5.41, 5.74) is -0.0682. The van der Waals surface area contributed by atoms with Crippen LogP contribution in [-0.4, -0.2) is 54.8 Å². The monoisotopic (exact) mass is 364 g/mol. The number of amides is 3. The van der Waals surface area contributed by atoms with Crippen LogP contribution in [0.1, 0.15) is 28.8 Å². The molecule has 1 unspecified atom stereocenters. The molecule has 1 aromatic carbocycles. The second-order valence-corrected chi connectivity index (χ2v) is 6.68. The Morgan fingerprint density at radius 2 is 1.85 bits per heavy atom. The molecule has 0 spiro atoms. The van der Waals surface area contributed by atoms with Gasteiger partial charge in [0, 0.05) is 38.2 Å². The number of hydrogen-bond donors (Lipinski definition) is 2. The van der Waals surface area contributed by atoms with Gasteiger partial charge in [-0.25, -0.2) is 8.78 Å². The Morgan fingerprint density at radius 1 is 1.12 bits per heavy atom. The summed E-state index contributed by atoms with van der Waals surface area (Å²) in [6.07, 6.45) is 0.290. The highest BCUT2D eigenvalue weighted by Crippen LogP contribution is 2.35. The Labute approximate surface area is 148 Å². The maximum Gasteiger partial charge on any atom is 0.255 e. The van der Waals surface area contributed by atoms with Crippen molar-refractivity contribution in [2.75, 3.05) is 31.1 Å². The number of piperazine rings is 1. The van der Waals surface area contributed by atoms with E-state index in [0.717, 1.165) is 6.07 Å². The van der Waals surface area contributed by atoms with Crippen LogP contribution in [0.3, 0.4) is 0 Å². The van der Waals surface area contributed by atoms with E-state index < -0.39 is 35.4 Å². The molecule has 26 heavy (non-hydrogen) atoms. The van der Waals surface area contributed by atoms with Crippen LogP contribution in [0, 0.1) is 11.6 Å². The number of carbonyl (C=O) groups excluding carboxylic acids is 3. The number of hydrogen-bond acceptors (Lipinski definition) is 5. The molecule has 3 aliphatic heterocycles. The summed E-state index contributed by atoms with van der Waals surface area (Å²) in [5, 5.41) is 5.31. The van der Waals surface area contributed by atoms with Gasteiger partial charge in [0.2, 0.25) is 11.8 Å². The van der Waals surface area contributed by atoms with Gasteiger partial charge in [-0.15, -0.1) is 0 Å². The average molecular weight is 364 g/mol. The molecular weight excluding hydrogens is 346 g/mol. The number of imide groups is 1. The van der Waals surface area contributed by atoms with E-state index in [9.17, 15) is 18.8 Å². The molecule has 7 nitrogen and oxygen atoms in total. The van der Waals surface area contributed by atoms with E-state index in [1.54, 1.807) is 4.90 Å². The van der Waals surface area contributed by atoms with E-state index in [4.69, 9.17) is 0 Å². The first kappa shape index (κ1) is 16.9. The highest BCUT2D eigenvalue weighted by atomic mass is 19.1. The van der Waals surface area contributed by atoms with Crippen molar-refractivity contribution in [3.63, 3.8) is 0 Å². The molecule has 0 radical (unpaired) electrons. The summed E-state index contributed by atoms with van der Waals surface area (Å²) in [6, 6.07) is 0.210. The lowest BCUT2D eigenvalue weighted by Crippen LogP contribution is -2.52. The Bertz CT molecular complexity index is 808. The smallest absolute Gasteiger partial charge is 0.255 e. The van der Waals surface area contributed by atoms with Crippen LogP contribution in [0.2, 0.25) is 0 Å². The topological polar surface area (TPSA) is 81.8 Å². The number of anilines is 1. The summed E-state index contributed by atoms with van der Waals surface area (Å²) in [4.78, 5) is 38.8. The van der Waals surface area contributed by atoms with Gasteiger partial charge in [0.1, 0.15) is 17.5 Å². The van der Waals surface area contributed by atoms with Gasteiger partial charge in [-0.3, -0.25) is 19.7 Å². The number of rotatable bonds is 2. The predicted octanol–water partition coefficient (Wildman–Crippen LogP) is 0.135. The molecule has 2 fully saturated rings. The van der Waals surface area contributed by atoms with Crippen molar-refractivity contribution in [3.05, 3.63) is 28.8 Å². The molecule has 2 N–H and O–H groups in total. The lowest BCUT2D eigenvalue weighted by molar-refractivity contribution is -0.136. The third-order valence-corrected chi connectivity index (χ3v) is 5.13. The third kappa shape index (κ3) is 2.63. The number of piperidine rings is 1. The maximum absolute atomic E-state index is 15.1. The molecular formula is C17H18F2N4O3. The Hall–Kier alpha value is -2.55. The number of benzene rings is 1. The molecule has 1 atom stereocenters. The molecule has 4 rings (SSSR count). The molecule has 0 aromatic heterocycles. The summed E-state index contributed by atoms with van der Waals surface area (Å²) < 4.78 is 29.6. The molecule has 3 heterocycles. The fourth-order valence-electron chi connectivity index (χ4n) is 3.80. The van der Waals surface area contributed by atoms with Gasteiger partial charge in [0.25, 0.3) is 5.91 Å². The molecule has 3 aliphatic rings. The third-order valence-electron chi connectivity index (χ3n) is 5.13. The minimum Gasteiger partial charge on any atom is -0.364 e. The van der Waals surface area contributed by atoms with Crippen molar-refractivity contribution in [3.8, 4) is 0 Å².